The summed E-state index contributed by atoms with van der Waals surface area (Å²) < 4.78 is 2.07. The third-order valence-corrected chi connectivity index (χ3v) is 3.50. The van der Waals surface area contributed by atoms with Crippen molar-refractivity contribution in [2.45, 2.75) is 38.8 Å². The molecule has 2 aromatic rings. The zero-order valence-electron chi connectivity index (χ0n) is 11.4. The standard InChI is InChI=1S/C13H20N6/c1-9(2)19-8-16-11-7-15-13(18-12(11)19)17-10-4-3-5-14-6-10/h7-10,14H,3-6H2,1-2H3,(H,15,17,18). The van der Waals surface area contributed by atoms with Gasteiger partial charge in [0.05, 0.1) is 12.5 Å². The van der Waals surface area contributed by atoms with Crippen LogP contribution in [0.25, 0.3) is 11.2 Å². The van der Waals surface area contributed by atoms with Gasteiger partial charge in [0.1, 0.15) is 5.52 Å². The van der Waals surface area contributed by atoms with Gasteiger partial charge in [-0.3, -0.25) is 0 Å². The molecule has 1 fully saturated rings. The first kappa shape index (κ1) is 12.3. The molecule has 1 aliphatic rings. The Morgan fingerprint density at radius 2 is 2.32 bits per heavy atom. The fourth-order valence-electron chi connectivity index (χ4n) is 2.43. The summed E-state index contributed by atoms with van der Waals surface area (Å²) in [4.78, 5) is 13.3. The number of hydrogen-bond donors (Lipinski definition) is 2. The molecule has 0 aliphatic carbocycles. The zero-order valence-corrected chi connectivity index (χ0v) is 11.4. The van der Waals surface area contributed by atoms with Gasteiger partial charge in [0.25, 0.3) is 0 Å². The largest absolute Gasteiger partial charge is 0.350 e. The van der Waals surface area contributed by atoms with Crippen LogP contribution in [0.4, 0.5) is 5.95 Å². The van der Waals surface area contributed by atoms with Crippen molar-refractivity contribution in [2.24, 2.45) is 0 Å². The molecule has 0 radical (unpaired) electrons. The van der Waals surface area contributed by atoms with E-state index < -0.39 is 0 Å². The number of hydrogen-bond acceptors (Lipinski definition) is 5. The highest BCUT2D eigenvalue weighted by molar-refractivity contribution is 5.71. The molecule has 2 aromatic heterocycles. The fourth-order valence-corrected chi connectivity index (χ4v) is 2.43. The van der Waals surface area contributed by atoms with Crippen LogP contribution in [0, 0.1) is 0 Å². The van der Waals surface area contributed by atoms with E-state index in [0.29, 0.717) is 18.0 Å². The minimum atomic E-state index is 0.351. The van der Waals surface area contributed by atoms with Crippen molar-refractivity contribution in [1.82, 2.24) is 24.8 Å². The molecule has 2 N–H and O–H groups in total. The molecule has 0 amide bonds. The van der Waals surface area contributed by atoms with Gasteiger partial charge in [-0.1, -0.05) is 0 Å². The Morgan fingerprint density at radius 1 is 1.42 bits per heavy atom. The first-order valence-electron chi connectivity index (χ1n) is 6.91. The minimum Gasteiger partial charge on any atom is -0.350 e. The molecule has 1 atom stereocenters. The van der Waals surface area contributed by atoms with Gasteiger partial charge in [0.2, 0.25) is 5.95 Å². The summed E-state index contributed by atoms with van der Waals surface area (Å²) in [5.41, 5.74) is 1.75. The quantitative estimate of drug-likeness (QED) is 0.877. The lowest BCUT2D eigenvalue weighted by atomic mass is 10.1. The van der Waals surface area contributed by atoms with E-state index in [2.05, 4.69) is 44.0 Å². The summed E-state index contributed by atoms with van der Waals surface area (Å²) in [6, 6.07) is 0.769. The van der Waals surface area contributed by atoms with Gasteiger partial charge in [0.15, 0.2) is 5.65 Å². The summed E-state index contributed by atoms with van der Waals surface area (Å²) in [6.07, 6.45) is 5.98. The Hall–Kier alpha value is -1.69. The van der Waals surface area contributed by atoms with Crippen molar-refractivity contribution in [3.8, 4) is 0 Å². The molecular formula is C13H20N6. The number of nitrogens with one attached hydrogen (secondary N) is 2. The van der Waals surface area contributed by atoms with E-state index in [1.54, 1.807) is 6.20 Å². The number of piperidine rings is 1. The van der Waals surface area contributed by atoms with E-state index in [4.69, 9.17) is 0 Å². The molecule has 1 unspecified atom stereocenters. The Bertz CT molecular complexity index is 555. The molecule has 0 spiro atoms. The first-order valence-corrected chi connectivity index (χ1v) is 6.91. The van der Waals surface area contributed by atoms with Crippen LogP contribution in [0.2, 0.25) is 0 Å². The van der Waals surface area contributed by atoms with Crippen molar-refractivity contribution < 1.29 is 0 Å². The average Bonchev–Trinajstić information content (AvgIpc) is 2.83. The van der Waals surface area contributed by atoms with Crippen LogP contribution in [0.5, 0.6) is 0 Å². The predicted octanol–water partition coefficient (Wildman–Crippen LogP) is 1.57. The molecule has 6 heteroatoms. The van der Waals surface area contributed by atoms with Gasteiger partial charge in [-0.2, -0.15) is 4.98 Å². The average molecular weight is 260 g/mol. The van der Waals surface area contributed by atoms with Gasteiger partial charge >= 0.3 is 0 Å². The second kappa shape index (κ2) is 5.13. The van der Waals surface area contributed by atoms with Crippen molar-refractivity contribution in [2.75, 3.05) is 18.4 Å². The second-order valence-electron chi connectivity index (χ2n) is 5.34. The number of rotatable bonds is 3. The third-order valence-electron chi connectivity index (χ3n) is 3.50. The van der Waals surface area contributed by atoms with Crippen molar-refractivity contribution >= 4 is 17.1 Å². The maximum Gasteiger partial charge on any atom is 0.225 e. The number of anilines is 1. The van der Waals surface area contributed by atoms with Gasteiger partial charge in [-0.15, -0.1) is 0 Å². The second-order valence-corrected chi connectivity index (χ2v) is 5.34. The zero-order chi connectivity index (χ0) is 13.2. The van der Waals surface area contributed by atoms with Crippen LogP contribution >= 0.6 is 0 Å². The monoisotopic (exact) mass is 260 g/mol. The molecule has 0 bridgehead atoms. The fraction of sp³-hybridized carbons (Fsp3) is 0.615. The molecule has 6 nitrogen and oxygen atoms in total. The highest BCUT2D eigenvalue weighted by atomic mass is 15.2. The Labute approximate surface area is 112 Å². The lowest BCUT2D eigenvalue weighted by molar-refractivity contribution is 0.478. The normalized spacial score (nSPS) is 20.1. The van der Waals surface area contributed by atoms with E-state index in [0.717, 1.165) is 30.7 Å². The van der Waals surface area contributed by atoms with Crippen LogP contribution in [-0.4, -0.2) is 38.7 Å². The van der Waals surface area contributed by atoms with Gasteiger partial charge < -0.3 is 15.2 Å². The summed E-state index contributed by atoms with van der Waals surface area (Å²) in [5.74, 6) is 0.698. The van der Waals surface area contributed by atoms with E-state index in [1.165, 1.54) is 6.42 Å². The van der Waals surface area contributed by atoms with E-state index in [1.807, 2.05) is 6.33 Å². The van der Waals surface area contributed by atoms with Crippen molar-refractivity contribution in [1.29, 1.82) is 0 Å². The van der Waals surface area contributed by atoms with Crippen LogP contribution in [0.15, 0.2) is 12.5 Å². The maximum atomic E-state index is 4.60. The van der Waals surface area contributed by atoms with Crippen molar-refractivity contribution in [3.63, 3.8) is 0 Å². The Morgan fingerprint density at radius 3 is 3.05 bits per heavy atom. The van der Waals surface area contributed by atoms with E-state index in [9.17, 15) is 0 Å². The molecule has 19 heavy (non-hydrogen) atoms. The van der Waals surface area contributed by atoms with E-state index >= 15 is 0 Å². The highest BCUT2D eigenvalue weighted by Gasteiger charge is 2.15. The lowest BCUT2D eigenvalue weighted by Gasteiger charge is -2.23. The highest BCUT2D eigenvalue weighted by Crippen LogP contribution is 2.17. The van der Waals surface area contributed by atoms with Crippen LogP contribution < -0.4 is 10.6 Å². The molecule has 102 valence electrons. The molecule has 3 heterocycles. The van der Waals surface area contributed by atoms with Crippen LogP contribution in [0.1, 0.15) is 32.7 Å². The van der Waals surface area contributed by atoms with Gasteiger partial charge in [-0.25, -0.2) is 9.97 Å². The number of aromatic nitrogens is 4. The lowest BCUT2D eigenvalue weighted by Crippen LogP contribution is -2.38. The SMILES string of the molecule is CC(C)n1cnc2cnc(NC3CCCNC3)nc21. The number of imidazole rings is 1. The smallest absolute Gasteiger partial charge is 0.225 e. The summed E-state index contributed by atoms with van der Waals surface area (Å²) in [6.45, 7) is 6.34. The molecule has 0 saturated carbocycles. The van der Waals surface area contributed by atoms with Crippen molar-refractivity contribution in [3.05, 3.63) is 12.5 Å². The molecular weight excluding hydrogens is 240 g/mol. The van der Waals surface area contributed by atoms with Crippen LogP contribution in [0.3, 0.4) is 0 Å². The van der Waals surface area contributed by atoms with E-state index in [-0.39, 0.29) is 0 Å². The number of fused-ring (bicyclic) bond motifs is 1. The summed E-state index contributed by atoms with van der Waals surface area (Å²) in [5, 5.41) is 6.78. The maximum absolute atomic E-state index is 4.60. The van der Waals surface area contributed by atoms with Gasteiger partial charge in [-0.05, 0) is 33.2 Å². The molecule has 3 rings (SSSR count). The molecule has 0 aromatic carbocycles. The Balaban J connectivity index is 1.85. The minimum absolute atomic E-state index is 0.351. The third kappa shape index (κ3) is 2.53. The first-order chi connectivity index (χ1) is 9.24. The Kier molecular flexibility index (Phi) is 3.33. The predicted molar refractivity (Wildman–Crippen MR) is 75.2 cm³/mol. The van der Waals surface area contributed by atoms with Crippen LogP contribution in [-0.2, 0) is 0 Å². The van der Waals surface area contributed by atoms with Gasteiger partial charge in [0, 0.05) is 18.6 Å². The number of nitrogens with zero attached hydrogens (tertiary/aromatic N) is 4. The summed E-state index contributed by atoms with van der Waals surface area (Å²) >= 11 is 0. The molecule has 1 saturated heterocycles. The molecule has 1 aliphatic heterocycles. The topological polar surface area (TPSA) is 67.7 Å². The summed E-state index contributed by atoms with van der Waals surface area (Å²) in [7, 11) is 0.